The van der Waals surface area contributed by atoms with Crippen LogP contribution >= 0.6 is 0 Å². The number of pyridine rings is 1. The van der Waals surface area contributed by atoms with Gasteiger partial charge in [-0.05, 0) is 36.2 Å². The van der Waals surface area contributed by atoms with Crippen molar-refractivity contribution in [2.45, 2.75) is 13.5 Å². The third-order valence-corrected chi connectivity index (χ3v) is 2.91. The van der Waals surface area contributed by atoms with Gasteiger partial charge in [-0.3, -0.25) is 4.79 Å². The molecule has 104 valence electrons. The lowest BCUT2D eigenvalue weighted by Gasteiger charge is -2.09. The van der Waals surface area contributed by atoms with Crippen LogP contribution in [0.2, 0.25) is 0 Å². The smallest absolute Gasteiger partial charge is 0.253 e. The zero-order valence-electron chi connectivity index (χ0n) is 11.5. The van der Waals surface area contributed by atoms with Crippen molar-refractivity contribution >= 4 is 11.6 Å². The molecule has 1 amide bonds. The Balaban J connectivity index is 2.04. The summed E-state index contributed by atoms with van der Waals surface area (Å²) in [5.41, 5.74) is 8.75. The van der Waals surface area contributed by atoms with Gasteiger partial charge < -0.3 is 15.8 Å². The Morgan fingerprint density at radius 2 is 2.15 bits per heavy atom. The molecule has 0 aliphatic carbocycles. The van der Waals surface area contributed by atoms with Crippen LogP contribution in [0.1, 0.15) is 21.5 Å². The van der Waals surface area contributed by atoms with E-state index in [2.05, 4.69) is 10.3 Å². The minimum atomic E-state index is -0.196. The van der Waals surface area contributed by atoms with E-state index in [9.17, 15) is 4.79 Å². The average Bonchev–Trinajstić information content (AvgIpc) is 2.45. The third-order valence-electron chi connectivity index (χ3n) is 2.91. The Kier molecular flexibility index (Phi) is 4.20. The summed E-state index contributed by atoms with van der Waals surface area (Å²) >= 11 is 0. The number of aryl methyl sites for hydroxylation is 1. The largest absolute Gasteiger partial charge is 0.481 e. The molecule has 0 spiro atoms. The summed E-state index contributed by atoms with van der Waals surface area (Å²) in [7, 11) is 1.55. The Morgan fingerprint density at radius 3 is 2.85 bits per heavy atom. The molecule has 1 heterocycles. The van der Waals surface area contributed by atoms with Crippen LogP contribution in [-0.4, -0.2) is 18.0 Å². The number of nitrogens with two attached hydrogens (primary N) is 1. The fourth-order valence-corrected chi connectivity index (χ4v) is 1.84. The summed E-state index contributed by atoms with van der Waals surface area (Å²) < 4.78 is 5.03. The highest BCUT2D eigenvalue weighted by Crippen LogP contribution is 2.14. The number of carbonyl (C=O) groups is 1. The molecular formula is C15H17N3O2. The van der Waals surface area contributed by atoms with Gasteiger partial charge in [0, 0.05) is 24.5 Å². The monoisotopic (exact) mass is 271 g/mol. The zero-order valence-corrected chi connectivity index (χ0v) is 11.5. The number of anilines is 1. The highest BCUT2D eigenvalue weighted by molar-refractivity contribution is 5.99. The highest BCUT2D eigenvalue weighted by Gasteiger charge is 2.09. The maximum atomic E-state index is 12.1. The van der Waals surface area contributed by atoms with Crippen molar-refractivity contribution in [1.82, 2.24) is 10.3 Å². The molecule has 0 fully saturated rings. The SMILES string of the molecule is COc1cc(CNC(=O)c2ccc(C)cc2N)ccn1. The van der Waals surface area contributed by atoms with Crippen LogP contribution in [-0.2, 0) is 6.54 Å². The molecule has 2 aromatic rings. The van der Waals surface area contributed by atoms with Crippen molar-refractivity contribution < 1.29 is 9.53 Å². The number of methoxy groups -OCH3 is 1. The quantitative estimate of drug-likeness (QED) is 0.833. The van der Waals surface area contributed by atoms with Gasteiger partial charge in [0.25, 0.3) is 5.91 Å². The van der Waals surface area contributed by atoms with Gasteiger partial charge in [0.15, 0.2) is 0 Å². The van der Waals surface area contributed by atoms with Crippen LogP contribution in [0.5, 0.6) is 5.88 Å². The highest BCUT2D eigenvalue weighted by atomic mass is 16.5. The van der Waals surface area contributed by atoms with Crippen molar-refractivity contribution in [3.8, 4) is 5.88 Å². The van der Waals surface area contributed by atoms with Crippen LogP contribution in [0.25, 0.3) is 0 Å². The summed E-state index contributed by atoms with van der Waals surface area (Å²) in [6.45, 7) is 2.33. The zero-order chi connectivity index (χ0) is 14.5. The molecule has 0 radical (unpaired) electrons. The molecule has 0 saturated carbocycles. The number of ether oxygens (including phenoxy) is 1. The molecule has 5 heteroatoms. The van der Waals surface area contributed by atoms with Crippen molar-refractivity contribution in [3.05, 3.63) is 53.2 Å². The first-order valence-corrected chi connectivity index (χ1v) is 6.23. The van der Waals surface area contributed by atoms with Crippen LogP contribution < -0.4 is 15.8 Å². The summed E-state index contributed by atoms with van der Waals surface area (Å²) in [6.07, 6.45) is 1.64. The summed E-state index contributed by atoms with van der Waals surface area (Å²) in [5.74, 6) is 0.324. The third kappa shape index (κ3) is 3.26. The second-order valence-electron chi connectivity index (χ2n) is 4.48. The summed E-state index contributed by atoms with van der Waals surface area (Å²) in [5, 5.41) is 2.82. The lowest BCUT2D eigenvalue weighted by atomic mass is 10.1. The molecule has 2 rings (SSSR count). The molecule has 1 aromatic heterocycles. The van der Waals surface area contributed by atoms with Crippen LogP contribution in [0, 0.1) is 6.92 Å². The van der Waals surface area contributed by atoms with E-state index in [1.807, 2.05) is 19.1 Å². The van der Waals surface area contributed by atoms with E-state index in [1.54, 1.807) is 31.5 Å². The lowest BCUT2D eigenvalue weighted by molar-refractivity contribution is 0.0951. The van der Waals surface area contributed by atoms with Crippen LogP contribution in [0.3, 0.4) is 0 Å². The second-order valence-corrected chi connectivity index (χ2v) is 4.48. The van der Waals surface area contributed by atoms with Crippen molar-refractivity contribution in [2.75, 3.05) is 12.8 Å². The first-order chi connectivity index (χ1) is 9.60. The van der Waals surface area contributed by atoms with Gasteiger partial charge in [0.05, 0.1) is 12.7 Å². The maximum Gasteiger partial charge on any atom is 0.253 e. The van der Waals surface area contributed by atoms with E-state index in [-0.39, 0.29) is 5.91 Å². The van der Waals surface area contributed by atoms with Gasteiger partial charge in [-0.25, -0.2) is 4.98 Å². The number of nitrogens with zero attached hydrogens (tertiary/aromatic N) is 1. The van der Waals surface area contributed by atoms with E-state index in [0.29, 0.717) is 23.7 Å². The Bertz CT molecular complexity index is 626. The second kappa shape index (κ2) is 6.06. The number of benzene rings is 1. The number of nitrogens with one attached hydrogen (secondary N) is 1. The fourth-order valence-electron chi connectivity index (χ4n) is 1.84. The molecule has 0 bridgehead atoms. The van der Waals surface area contributed by atoms with Crippen molar-refractivity contribution in [1.29, 1.82) is 0 Å². The summed E-state index contributed by atoms with van der Waals surface area (Å²) in [6, 6.07) is 8.97. The van der Waals surface area contributed by atoms with Crippen molar-refractivity contribution in [3.63, 3.8) is 0 Å². The van der Waals surface area contributed by atoms with E-state index in [4.69, 9.17) is 10.5 Å². The predicted octanol–water partition coefficient (Wildman–Crippen LogP) is 1.91. The molecule has 0 aliphatic rings. The first-order valence-electron chi connectivity index (χ1n) is 6.23. The van der Waals surface area contributed by atoms with E-state index in [0.717, 1.165) is 11.1 Å². The van der Waals surface area contributed by atoms with Crippen molar-refractivity contribution in [2.24, 2.45) is 0 Å². The van der Waals surface area contributed by atoms with Gasteiger partial charge in [-0.2, -0.15) is 0 Å². The van der Waals surface area contributed by atoms with E-state index < -0.39 is 0 Å². The molecule has 0 unspecified atom stereocenters. The van der Waals surface area contributed by atoms with Gasteiger partial charge in [0.1, 0.15) is 0 Å². The van der Waals surface area contributed by atoms with E-state index >= 15 is 0 Å². The molecule has 0 saturated heterocycles. The van der Waals surface area contributed by atoms with Gasteiger partial charge in [-0.15, -0.1) is 0 Å². The van der Waals surface area contributed by atoms with Gasteiger partial charge in [0.2, 0.25) is 5.88 Å². The summed E-state index contributed by atoms with van der Waals surface area (Å²) in [4.78, 5) is 16.1. The average molecular weight is 271 g/mol. The molecule has 1 aromatic carbocycles. The molecule has 3 N–H and O–H groups in total. The topological polar surface area (TPSA) is 77.2 Å². The maximum absolute atomic E-state index is 12.1. The van der Waals surface area contributed by atoms with Gasteiger partial charge >= 0.3 is 0 Å². The molecule has 20 heavy (non-hydrogen) atoms. The lowest BCUT2D eigenvalue weighted by Crippen LogP contribution is -2.23. The van der Waals surface area contributed by atoms with Crippen LogP contribution in [0.15, 0.2) is 36.5 Å². The number of aromatic nitrogens is 1. The number of carbonyl (C=O) groups excluding carboxylic acids is 1. The first kappa shape index (κ1) is 13.9. The molecule has 0 aliphatic heterocycles. The predicted molar refractivity (Wildman–Crippen MR) is 77.6 cm³/mol. The fraction of sp³-hybridized carbons (Fsp3) is 0.200. The number of hydrogen-bond donors (Lipinski definition) is 2. The standard InChI is InChI=1S/C15H17N3O2/c1-10-3-4-12(13(16)7-10)15(19)18-9-11-5-6-17-14(8-11)20-2/h3-8H,9,16H2,1-2H3,(H,18,19). The number of amides is 1. The Labute approximate surface area is 117 Å². The number of rotatable bonds is 4. The van der Waals surface area contributed by atoms with Crippen LogP contribution in [0.4, 0.5) is 5.69 Å². The normalized spacial score (nSPS) is 10.1. The van der Waals surface area contributed by atoms with E-state index in [1.165, 1.54) is 0 Å². The molecular weight excluding hydrogens is 254 g/mol. The Hall–Kier alpha value is -2.56. The Morgan fingerprint density at radius 1 is 1.35 bits per heavy atom. The number of nitrogen functional groups attached to an aromatic ring is 1. The van der Waals surface area contributed by atoms with Gasteiger partial charge in [-0.1, -0.05) is 6.07 Å². The molecule has 5 nitrogen and oxygen atoms in total. The minimum Gasteiger partial charge on any atom is -0.481 e. The number of hydrogen-bond acceptors (Lipinski definition) is 4. The molecule has 0 atom stereocenters. The minimum absolute atomic E-state index is 0.196.